The maximum absolute atomic E-state index is 11.5. The Labute approximate surface area is 127 Å². The van der Waals surface area contributed by atoms with Gasteiger partial charge >= 0.3 is 5.97 Å². The quantitative estimate of drug-likeness (QED) is 0.499. The molecule has 0 spiro atoms. The molecule has 0 aromatic heterocycles. The highest BCUT2D eigenvalue weighted by molar-refractivity contribution is 5.95. The fraction of sp³-hybridized carbons (Fsp3) is 0.429. The van der Waals surface area contributed by atoms with Crippen molar-refractivity contribution >= 4 is 23.3 Å². The Balaban J connectivity index is 3.09. The van der Waals surface area contributed by atoms with Crippen molar-refractivity contribution in [2.24, 2.45) is 0 Å². The van der Waals surface area contributed by atoms with Gasteiger partial charge in [-0.2, -0.15) is 0 Å². The van der Waals surface area contributed by atoms with E-state index in [1.165, 1.54) is 19.2 Å². The van der Waals surface area contributed by atoms with Gasteiger partial charge in [-0.15, -0.1) is 0 Å². The van der Waals surface area contributed by atoms with E-state index >= 15 is 0 Å². The van der Waals surface area contributed by atoms with Crippen molar-refractivity contribution in [1.29, 1.82) is 0 Å². The number of rotatable bonds is 8. The monoisotopic (exact) mass is 309 g/mol. The summed E-state index contributed by atoms with van der Waals surface area (Å²) >= 11 is 0. The van der Waals surface area contributed by atoms with Crippen LogP contribution in [0.5, 0.6) is 0 Å². The summed E-state index contributed by atoms with van der Waals surface area (Å²) in [7, 11) is 1.42. The molecule has 0 aliphatic heterocycles. The van der Waals surface area contributed by atoms with E-state index in [-0.39, 0.29) is 16.9 Å². The molecule has 1 unspecified atom stereocenters. The number of aliphatic carboxylic acids is 1. The molecule has 8 heteroatoms. The summed E-state index contributed by atoms with van der Waals surface area (Å²) in [6.07, 6.45) is 1.87. The van der Waals surface area contributed by atoms with Gasteiger partial charge in [0.15, 0.2) is 0 Å². The molecule has 8 nitrogen and oxygen atoms in total. The Bertz CT molecular complexity index is 574. The maximum atomic E-state index is 11.5. The molecule has 0 heterocycles. The average Bonchev–Trinajstić information content (AvgIpc) is 2.50. The summed E-state index contributed by atoms with van der Waals surface area (Å²) in [4.78, 5) is 33.2. The van der Waals surface area contributed by atoms with Crippen LogP contribution < -0.4 is 10.6 Å². The summed E-state index contributed by atoms with van der Waals surface area (Å²) in [5.74, 6) is -1.52. The second kappa shape index (κ2) is 7.96. The zero-order valence-electron chi connectivity index (χ0n) is 12.5. The lowest BCUT2D eigenvalue weighted by molar-refractivity contribution is -0.384. The highest BCUT2D eigenvalue weighted by Crippen LogP contribution is 2.27. The van der Waals surface area contributed by atoms with Crippen LogP contribution in [0.1, 0.15) is 36.5 Å². The number of carbonyl (C=O) groups is 2. The van der Waals surface area contributed by atoms with E-state index in [9.17, 15) is 24.8 Å². The van der Waals surface area contributed by atoms with E-state index in [4.69, 9.17) is 0 Å². The minimum atomic E-state index is -1.07. The predicted octanol–water partition coefficient (Wildman–Crippen LogP) is 2.01. The van der Waals surface area contributed by atoms with Crippen molar-refractivity contribution in [2.75, 3.05) is 12.4 Å². The number of nitrogens with zero attached hydrogens (tertiary/aromatic N) is 1. The minimum Gasteiger partial charge on any atom is -0.480 e. The van der Waals surface area contributed by atoms with Crippen LogP contribution in [0, 0.1) is 10.1 Å². The lowest BCUT2D eigenvalue weighted by atomic mass is 10.1. The number of nitro benzene ring substituents is 1. The second-order valence-corrected chi connectivity index (χ2v) is 4.75. The smallest absolute Gasteiger partial charge is 0.326 e. The van der Waals surface area contributed by atoms with E-state index in [0.29, 0.717) is 12.8 Å². The molecule has 0 saturated carbocycles. The van der Waals surface area contributed by atoms with Crippen LogP contribution >= 0.6 is 0 Å². The van der Waals surface area contributed by atoms with Crippen molar-refractivity contribution in [3.63, 3.8) is 0 Å². The van der Waals surface area contributed by atoms with Gasteiger partial charge in [0.25, 0.3) is 11.6 Å². The molecule has 22 heavy (non-hydrogen) atoms. The number of carbonyl (C=O) groups excluding carboxylic acids is 1. The zero-order valence-corrected chi connectivity index (χ0v) is 12.5. The number of nitro groups is 1. The van der Waals surface area contributed by atoms with Gasteiger partial charge in [-0.3, -0.25) is 14.9 Å². The normalized spacial score (nSPS) is 11.5. The summed E-state index contributed by atoms with van der Waals surface area (Å²) in [5.41, 5.74) is -0.106. The summed E-state index contributed by atoms with van der Waals surface area (Å²) < 4.78 is 0. The molecule has 3 N–H and O–H groups in total. The first kappa shape index (κ1) is 17.4. The standard InChI is InChI=1S/C14H19N3O5/c1-3-4-5-11(14(19)20)16-10-7-6-9(13(18)15-2)8-12(10)17(21)22/h6-8,11,16H,3-5H2,1-2H3,(H,15,18)(H,19,20). The van der Waals surface area contributed by atoms with E-state index in [1.54, 1.807) is 0 Å². The number of hydrogen-bond acceptors (Lipinski definition) is 5. The van der Waals surface area contributed by atoms with Gasteiger partial charge in [0.05, 0.1) is 4.92 Å². The Kier molecular flexibility index (Phi) is 6.30. The molecule has 1 atom stereocenters. The Hall–Kier alpha value is -2.64. The number of unbranched alkanes of at least 4 members (excludes halogenated alkanes) is 1. The second-order valence-electron chi connectivity index (χ2n) is 4.75. The molecule has 120 valence electrons. The van der Waals surface area contributed by atoms with E-state index in [2.05, 4.69) is 10.6 Å². The number of hydrogen-bond donors (Lipinski definition) is 3. The maximum Gasteiger partial charge on any atom is 0.326 e. The number of nitrogens with one attached hydrogen (secondary N) is 2. The lowest BCUT2D eigenvalue weighted by Crippen LogP contribution is -2.29. The van der Waals surface area contributed by atoms with Crippen LogP contribution in [0.4, 0.5) is 11.4 Å². The predicted molar refractivity (Wildman–Crippen MR) is 81.1 cm³/mol. The van der Waals surface area contributed by atoms with Gasteiger partial charge in [-0.1, -0.05) is 19.8 Å². The molecular formula is C14H19N3O5. The fourth-order valence-electron chi connectivity index (χ4n) is 1.94. The van der Waals surface area contributed by atoms with E-state index in [1.807, 2.05) is 6.92 Å². The largest absolute Gasteiger partial charge is 0.480 e. The van der Waals surface area contributed by atoms with E-state index < -0.39 is 22.8 Å². The molecular weight excluding hydrogens is 290 g/mol. The molecule has 0 fully saturated rings. The summed E-state index contributed by atoms with van der Waals surface area (Å²) in [6.45, 7) is 1.93. The molecule has 0 aliphatic carbocycles. The first-order valence-corrected chi connectivity index (χ1v) is 6.90. The number of carboxylic acid groups (broad SMARTS) is 1. The fourth-order valence-corrected chi connectivity index (χ4v) is 1.94. The molecule has 0 radical (unpaired) electrons. The summed E-state index contributed by atoms with van der Waals surface area (Å²) in [6, 6.07) is 2.97. The Morgan fingerprint density at radius 2 is 2.09 bits per heavy atom. The summed E-state index contributed by atoms with van der Waals surface area (Å²) in [5, 5.41) is 25.4. The topological polar surface area (TPSA) is 122 Å². The zero-order chi connectivity index (χ0) is 16.7. The van der Waals surface area contributed by atoms with E-state index in [0.717, 1.165) is 12.5 Å². The van der Waals surface area contributed by atoms with Crippen LogP contribution in [0.2, 0.25) is 0 Å². The third-order valence-corrected chi connectivity index (χ3v) is 3.16. The Morgan fingerprint density at radius 3 is 2.59 bits per heavy atom. The minimum absolute atomic E-state index is 0.0844. The molecule has 0 saturated heterocycles. The van der Waals surface area contributed by atoms with Gasteiger partial charge in [-0.05, 0) is 18.6 Å². The van der Waals surface area contributed by atoms with Gasteiger partial charge in [0.1, 0.15) is 11.7 Å². The van der Waals surface area contributed by atoms with Crippen LogP contribution in [0.25, 0.3) is 0 Å². The van der Waals surface area contributed by atoms with Crippen LogP contribution in [-0.2, 0) is 4.79 Å². The number of anilines is 1. The highest BCUT2D eigenvalue weighted by Gasteiger charge is 2.22. The molecule has 0 bridgehead atoms. The van der Waals surface area contributed by atoms with Crippen LogP contribution in [0.3, 0.4) is 0 Å². The molecule has 1 aromatic rings. The van der Waals surface area contributed by atoms with Gasteiger partial charge < -0.3 is 15.7 Å². The van der Waals surface area contributed by atoms with Crippen LogP contribution in [0.15, 0.2) is 18.2 Å². The van der Waals surface area contributed by atoms with Gasteiger partial charge in [0, 0.05) is 18.7 Å². The first-order valence-electron chi connectivity index (χ1n) is 6.90. The molecule has 1 amide bonds. The number of amides is 1. The molecule has 0 aliphatic rings. The van der Waals surface area contributed by atoms with Gasteiger partial charge in [0.2, 0.25) is 0 Å². The van der Waals surface area contributed by atoms with Crippen molar-refractivity contribution in [2.45, 2.75) is 32.2 Å². The highest BCUT2D eigenvalue weighted by atomic mass is 16.6. The third-order valence-electron chi connectivity index (χ3n) is 3.16. The van der Waals surface area contributed by atoms with Crippen molar-refractivity contribution in [3.8, 4) is 0 Å². The van der Waals surface area contributed by atoms with Gasteiger partial charge in [-0.25, -0.2) is 4.79 Å². The van der Waals surface area contributed by atoms with Crippen LogP contribution in [-0.4, -0.2) is 35.0 Å². The molecule has 1 rings (SSSR count). The first-order chi connectivity index (χ1) is 10.4. The SMILES string of the molecule is CCCCC(Nc1ccc(C(=O)NC)cc1[N+](=O)[O-])C(=O)O. The van der Waals surface area contributed by atoms with Crippen molar-refractivity contribution < 1.29 is 19.6 Å². The number of carboxylic acids is 1. The van der Waals surface area contributed by atoms with Crippen molar-refractivity contribution in [1.82, 2.24) is 5.32 Å². The van der Waals surface area contributed by atoms with Crippen molar-refractivity contribution in [3.05, 3.63) is 33.9 Å². The molecule has 1 aromatic carbocycles. The average molecular weight is 309 g/mol. The lowest BCUT2D eigenvalue weighted by Gasteiger charge is -2.15. The third kappa shape index (κ3) is 4.44. The Morgan fingerprint density at radius 1 is 1.41 bits per heavy atom. The number of benzene rings is 1.